The van der Waals surface area contributed by atoms with Crippen LogP contribution in [0.5, 0.6) is 0 Å². The lowest BCUT2D eigenvalue weighted by atomic mass is 9.96. The molecule has 3 aromatic heterocycles. The predicted octanol–water partition coefficient (Wildman–Crippen LogP) is 4.58. The number of hydrogen-bond donors (Lipinski definition) is 1. The molecule has 1 saturated heterocycles. The normalized spacial score (nSPS) is 14.5. The van der Waals surface area contributed by atoms with E-state index in [0.717, 1.165) is 50.1 Å². The van der Waals surface area contributed by atoms with Gasteiger partial charge in [0.05, 0.1) is 23.4 Å². The molecule has 0 aliphatic carbocycles. The maximum Gasteiger partial charge on any atom is 0.254 e. The Hall–Kier alpha value is -2.09. The van der Waals surface area contributed by atoms with Crippen molar-refractivity contribution in [2.75, 3.05) is 26.2 Å². The van der Waals surface area contributed by atoms with Crippen LogP contribution in [0.1, 0.15) is 50.0 Å². The second-order valence-corrected chi connectivity index (χ2v) is 8.00. The minimum absolute atomic E-state index is 0. The Morgan fingerprint density at radius 3 is 2.65 bits per heavy atom. The molecular weight excluding hydrogens is 437 g/mol. The zero-order chi connectivity index (χ0) is 20.4. The zero-order valence-corrected chi connectivity index (χ0v) is 19.8. The third-order valence-electron chi connectivity index (χ3n) is 5.64. The first kappa shape index (κ1) is 25.2. The number of piperidine rings is 1. The van der Waals surface area contributed by atoms with Gasteiger partial charge in [0.25, 0.3) is 5.91 Å². The summed E-state index contributed by atoms with van der Waals surface area (Å²) in [5.74, 6) is 1.34. The average molecular weight is 468 g/mol. The molecule has 1 aliphatic rings. The fraction of sp³-hybridized carbons (Fsp3) is 0.500. The molecule has 0 spiro atoms. The van der Waals surface area contributed by atoms with Crippen LogP contribution in [0.15, 0.2) is 35.1 Å². The molecule has 0 unspecified atom stereocenters. The van der Waals surface area contributed by atoms with Crippen LogP contribution in [0.25, 0.3) is 22.5 Å². The molecule has 170 valence electrons. The summed E-state index contributed by atoms with van der Waals surface area (Å²) in [6, 6.07) is 5.69. The van der Waals surface area contributed by atoms with Gasteiger partial charge in [0.1, 0.15) is 5.69 Å². The smallest absolute Gasteiger partial charge is 0.254 e. The molecule has 1 aliphatic heterocycles. The first-order valence-corrected chi connectivity index (χ1v) is 10.5. The summed E-state index contributed by atoms with van der Waals surface area (Å²) in [6.07, 6.45) is 5.45. The van der Waals surface area contributed by atoms with Crippen molar-refractivity contribution in [3.05, 3.63) is 36.2 Å². The number of nitrogens with zero attached hydrogens (tertiary/aromatic N) is 4. The van der Waals surface area contributed by atoms with Gasteiger partial charge in [0, 0.05) is 19.1 Å². The second-order valence-electron chi connectivity index (χ2n) is 8.00. The monoisotopic (exact) mass is 467 g/mol. The van der Waals surface area contributed by atoms with E-state index in [0.29, 0.717) is 22.9 Å². The number of rotatable bonds is 6. The number of halogens is 2. The van der Waals surface area contributed by atoms with Gasteiger partial charge in [-0.3, -0.25) is 4.79 Å². The summed E-state index contributed by atoms with van der Waals surface area (Å²) in [7, 11) is 0. The number of aromatic nitrogens is 3. The summed E-state index contributed by atoms with van der Waals surface area (Å²) < 4.78 is 7.42. The van der Waals surface area contributed by atoms with Gasteiger partial charge >= 0.3 is 0 Å². The Balaban J connectivity index is 0.00000171. The molecule has 0 aromatic carbocycles. The van der Waals surface area contributed by atoms with Gasteiger partial charge < -0.3 is 14.6 Å². The third kappa shape index (κ3) is 5.22. The Morgan fingerprint density at radius 2 is 2.03 bits per heavy atom. The van der Waals surface area contributed by atoms with E-state index in [4.69, 9.17) is 9.40 Å². The largest absolute Gasteiger partial charge is 0.463 e. The topological polar surface area (TPSA) is 76.2 Å². The fourth-order valence-electron chi connectivity index (χ4n) is 3.98. The van der Waals surface area contributed by atoms with Crippen molar-refractivity contribution in [3.8, 4) is 11.5 Å². The summed E-state index contributed by atoms with van der Waals surface area (Å²) in [5.41, 5.74) is 2.04. The molecule has 3 aromatic rings. The summed E-state index contributed by atoms with van der Waals surface area (Å²) in [4.78, 5) is 20.2. The predicted molar refractivity (Wildman–Crippen MR) is 127 cm³/mol. The van der Waals surface area contributed by atoms with E-state index in [1.165, 1.54) is 0 Å². The first-order valence-electron chi connectivity index (χ1n) is 10.5. The third-order valence-corrected chi connectivity index (χ3v) is 5.64. The van der Waals surface area contributed by atoms with E-state index in [9.17, 15) is 4.79 Å². The van der Waals surface area contributed by atoms with E-state index >= 15 is 0 Å². The average Bonchev–Trinajstić information content (AvgIpc) is 3.41. The van der Waals surface area contributed by atoms with Crippen LogP contribution in [0.3, 0.4) is 0 Å². The number of carbonyl (C=O) groups excluding carboxylic acids is 1. The molecule has 1 fully saturated rings. The lowest BCUT2D eigenvalue weighted by Crippen LogP contribution is -2.40. The SMILES string of the molecule is CCNCC1CCN(C(=O)c2cc(-c3ccco3)nc3c2cnn3C(C)C)CC1.Cl.Cl. The Labute approximate surface area is 195 Å². The van der Waals surface area contributed by atoms with Gasteiger partial charge in [0.2, 0.25) is 0 Å². The molecule has 0 atom stereocenters. The van der Waals surface area contributed by atoms with E-state index in [2.05, 4.69) is 31.2 Å². The van der Waals surface area contributed by atoms with Crippen LogP contribution >= 0.6 is 24.8 Å². The Morgan fingerprint density at radius 1 is 1.29 bits per heavy atom. The molecule has 0 saturated carbocycles. The molecule has 9 heteroatoms. The number of furan rings is 1. The molecule has 0 radical (unpaired) electrons. The quantitative estimate of drug-likeness (QED) is 0.573. The van der Waals surface area contributed by atoms with Crippen molar-refractivity contribution >= 4 is 41.8 Å². The van der Waals surface area contributed by atoms with Crippen molar-refractivity contribution in [1.82, 2.24) is 25.0 Å². The molecule has 4 heterocycles. The Bertz CT molecular complexity index is 979. The molecule has 1 N–H and O–H groups in total. The highest BCUT2D eigenvalue weighted by Gasteiger charge is 2.26. The minimum atomic E-state index is 0. The highest BCUT2D eigenvalue weighted by molar-refractivity contribution is 6.06. The number of pyridine rings is 1. The van der Waals surface area contributed by atoms with E-state index < -0.39 is 0 Å². The van der Waals surface area contributed by atoms with Gasteiger partial charge in [-0.05, 0) is 63.9 Å². The lowest BCUT2D eigenvalue weighted by Gasteiger charge is -2.32. The van der Waals surface area contributed by atoms with E-state index in [1.54, 1.807) is 12.5 Å². The van der Waals surface area contributed by atoms with E-state index in [-0.39, 0.29) is 36.8 Å². The summed E-state index contributed by atoms with van der Waals surface area (Å²) in [5, 5.41) is 8.72. The number of amides is 1. The van der Waals surface area contributed by atoms with Gasteiger partial charge in [-0.1, -0.05) is 6.92 Å². The number of nitrogens with one attached hydrogen (secondary N) is 1. The number of likely N-dealkylation sites (tertiary alicyclic amines) is 1. The van der Waals surface area contributed by atoms with E-state index in [1.807, 2.05) is 27.8 Å². The molecule has 0 bridgehead atoms. The van der Waals surface area contributed by atoms with Gasteiger partial charge in [-0.25, -0.2) is 9.67 Å². The number of hydrogen-bond acceptors (Lipinski definition) is 5. The maximum absolute atomic E-state index is 13.5. The molecule has 7 nitrogen and oxygen atoms in total. The molecule has 31 heavy (non-hydrogen) atoms. The molecular formula is C22H31Cl2N5O2. The fourth-order valence-corrected chi connectivity index (χ4v) is 3.98. The molecule has 1 amide bonds. The maximum atomic E-state index is 13.5. The first-order chi connectivity index (χ1) is 14.1. The highest BCUT2D eigenvalue weighted by atomic mass is 35.5. The van der Waals surface area contributed by atoms with Crippen molar-refractivity contribution in [3.63, 3.8) is 0 Å². The zero-order valence-electron chi connectivity index (χ0n) is 18.2. The second kappa shape index (κ2) is 11.0. The van der Waals surface area contributed by atoms with Crippen molar-refractivity contribution in [2.45, 2.75) is 39.7 Å². The minimum Gasteiger partial charge on any atom is -0.463 e. The van der Waals surface area contributed by atoms with Gasteiger partial charge in [-0.15, -0.1) is 24.8 Å². The van der Waals surface area contributed by atoms with Crippen molar-refractivity contribution < 1.29 is 9.21 Å². The standard InChI is InChI=1S/C22H29N5O2.2ClH/c1-4-23-13-16-7-9-26(10-8-16)22(28)17-12-19(20-6-5-11-29-20)25-21-18(17)14-24-27(21)15(2)3;;/h5-6,11-12,14-16,23H,4,7-10,13H2,1-3H3;2*1H. The van der Waals surface area contributed by atoms with Gasteiger partial charge in [-0.2, -0.15) is 5.10 Å². The van der Waals surface area contributed by atoms with Crippen molar-refractivity contribution in [1.29, 1.82) is 0 Å². The summed E-state index contributed by atoms with van der Waals surface area (Å²) >= 11 is 0. The number of fused-ring (bicyclic) bond motifs is 1. The lowest BCUT2D eigenvalue weighted by molar-refractivity contribution is 0.0692. The molecule has 4 rings (SSSR count). The van der Waals surface area contributed by atoms with Gasteiger partial charge in [0.15, 0.2) is 11.4 Å². The summed E-state index contributed by atoms with van der Waals surface area (Å²) in [6.45, 7) is 9.83. The van der Waals surface area contributed by atoms with Crippen LogP contribution in [0, 0.1) is 5.92 Å². The van der Waals surface area contributed by atoms with Crippen LogP contribution in [0.4, 0.5) is 0 Å². The van der Waals surface area contributed by atoms with Crippen LogP contribution in [-0.4, -0.2) is 51.8 Å². The van der Waals surface area contributed by atoms with Crippen LogP contribution in [-0.2, 0) is 0 Å². The highest BCUT2D eigenvalue weighted by Crippen LogP contribution is 2.28. The van der Waals surface area contributed by atoms with Crippen molar-refractivity contribution in [2.24, 2.45) is 5.92 Å². The Kier molecular flexibility index (Phi) is 8.91. The van der Waals surface area contributed by atoms with Crippen LogP contribution in [0.2, 0.25) is 0 Å². The number of carbonyl (C=O) groups is 1. The van der Waals surface area contributed by atoms with Crippen LogP contribution < -0.4 is 5.32 Å².